The van der Waals surface area contributed by atoms with Crippen LogP contribution in [0, 0.1) is 13.8 Å². The lowest BCUT2D eigenvalue weighted by Gasteiger charge is -2.12. The number of thioether (sulfide) groups is 1. The molecule has 0 spiro atoms. The SMILES string of the molecule is CCOC(=O)CC1=CC(SCC(=O)NCCC2=CCCCC2)=Nc2cc(C)c(C)cc2N1. The molecule has 0 radical (unpaired) electrons. The molecular formula is C25H33N3O3S. The molecule has 32 heavy (non-hydrogen) atoms. The van der Waals surface area contributed by atoms with Crippen molar-refractivity contribution in [3.8, 4) is 0 Å². The van der Waals surface area contributed by atoms with Gasteiger partial charge < -0.3 is 15.4 Å². The summed E-state index contributed by atoms with van der Waals surface area (Å²) < 4.78 is 5.11. The van der Waals surface area contributed by atoms with E-state index in [0.717, 1.165) is 41.8 Å². The molecule has 0 fully saturated rings. The van der Waals surface area contributed by atoms with E-state index in [0.29, 0.717) is 23.9 Å². The molecule has 0 bridgehead atoms. The predicted molar refractivity (Wildman–Crippen MR) is 133 cm³/mol. The minimum absolute atomic E-state index is 0.00744. The molecule has 1 aliphatic carbocycles. The minimum atomic E-state index is -0.294. The van der Waals surface area contributed by atoms with Crippen LogP contribution in [0.15, 0.2) is 40.5 Å². The zero-order valence-corrected chi connectivity index (χ0v) is 20.1. The largest absolute Gasteiger partial charge is 0.466 e. The summed E-state index contributed by atoms with van der Waals surface area (Å²) in [6.07, 6.45) is 10.1. The number of amides is 1. The molecule has 2 aliphatic rings. The first-order chi connectivity index (χ1) is 15.4. The number of esters is 1. The maximum absolute atomic E-state index is 12.4. The van der Waals surface area contributed by atoms with E-state index in [1.54, 1.807) is 6.92 Å². The Balaban J connectivity index is 1.64. The maximum atomic E-state index is 12.4. The van der Waals surface area contributed by atoms with Crippen LogP contribution in [0.3, 0.4) is 0 Å². The van der Waals surface area contributed by atoms with Crippen molar-refractivity contribution < 1.29 is 14.3 Å². The van der Waals surface area contributed by atoms with Crippen LogP contribution >= 0.6 is 11.8 Å². The van der Waals surface area contributed by atoms with Gasteiger partial charge >= 0.3 is 5.97 Å². The van der Waals surface area contributed by atoms with Gasteiger partial charge in [0.1, 0.15) is 0 Å². The summed E-state index contributed by atoms with van der Waals surface area (Å²) in [5, 5.41) is 7.04. The van der Waals surface area contributed by atoms with Crippen LogP contribution < -0.4 is 10.6 Å². The molecule has 7 heteroatoms. The highest BCUT2D eigenvalue weighted by Gasteiger charge is 2.17. The third-order valence-corrected chi connectivity index (χ3v) is 6.49. The highest BCUT2D eigenvalue weighted by Crippen LogP contribution is 2.33. The summed E-state index contributed by atoms with van der Waals surface area (Å²) in [5.41, 5.74) is 6.10. The number of anilines is 1. The summed E-state index contributed by atoms with van der Waals surface area (Å²) in [6, 6.07) is 4.06. The van der Waals surface area contributed by atoms with Gasteiger partial charge in [0.2, 0.25) is 5.91 Å². The zero-order chi connectivity index (χ0) is 22.9. The number of ether oxygens (including phenoxy) is 1. The molecule has 1 aromatic carbocycles. The fraction of sp³-hybridized carbons (Fsp3) is 0.480. The fourth-order valence-corrected chi connectivity index (χ4v) is 4.49. The van der Waals surface area contributed by atoms with E-state index >= 15 is 0 Å². The van der Waals surface area contributed by atoms with Crippen molar-refractivity contribution in [1.82, 2.24) is 5.32 Å². The summed E-state index contributed by atoms with van der Waals surface area (Å²) >= 11 is 1.38. The molecular weight excluding hydrogens is 422 g/mol. The number of nitrogens with zero attached hydrogens (tertiary/aromatic N) is 1. The van der Waals surface area contributed by atoms with E-state index in [-0.39, 0.29) is 24.1 Å². The molecule has 1 amide bonds. The normalized spacial score (nSPS) is 15.4. The average Bonchev–Trinajstić information content (AvgIpc) is 2.92. The van der Waals surface area contributed by atoms with Crippen molar-refractivity contribution in [1.29, 1.82) is 0 Å². The van der Waals surface area contributed by atoms with Crippen LogP contribution in [0.1, 0.15) is 56.6 Å². The van der Waals surface area contributed by atoms with Gasteiger partial charge in [-0.05, 0) is 82.2 Å². The monoisotopic (exact) mass is 455 g/mol. The van der Waals surface area contributed by atoms with E-state index in [4.69, 9.17) is 9.73 Å². The number of allylic oxidation sites excluding steroid dienone is 1. The Morgan fingerprint density at radius 3 is 2.78 bits per heavy atom. The van der Waals surface area contributed by atoms with Gasteiger partial charge in [0.05, 0.1) is 35.2 Å². The zero-order valence-electron chi connectivity index (χ0n) is 19.3. The third-order valence-electron chi connectivity index (χ3n) is 5.58. The highest BCUT2D eigenvalue weighted by molar-refractivity contribution is 8.14. The first-order valence-corrected chi connectivity index (χ1v) is 12.3. The fourth-order valence-electron chi connectivity index (χ4n) is 3.72. The lowest BCUT2D eigenvalue weighted by molar-refractivity contribution is -0.142. The van der Waals surface area contributed by atoms with Crippen molar-refractivity contribution in [3.05, 3.63) is 46.7 Å². The molecule has 0 saturated heterocycles. The van der Waals surface area contributed by atoms with E-state index in [9.17, 15) is 9.59 Å². The lowest BCUT2D eigenvalue weighted by atomic mass is 9.97. The summed E-state index contributed by atoms with van der Waals surface area (Å²) in [5.74, 6) is -0.0223. The smallest absolute Gasteiger partial charge is 0.311 e. The first-order valence-electron chi connectivity index (χ1n) is 11.3. The van der Waals surface area contributed by atoms with Gasteiger partial charge in [-0.1, -0.05) is 23.4 Å². The molecule has 0 saturated carbocycles. The molecule has 172 valence electrons. The van der Waals surface area contributed by atoms with Crippen LogP contribution in [-0.2, 0) is 14.3 Å². The Morgan fingerprint density at radius 1 is 1.22 bits per heavy atom. The number of hydrogen-bond acceptors (Lipinski definition) is 6. The second kappa shape index (κ2) is 11.9. The second-order valence-corrected chi connectivity index (χ2v) is 9.17. The van der Waals surface area contributed by atoms with E-state index in [1.165, 1.54) is 30.2 Å². The maximum Gasteiger partial charge on any atom is 0.311 e. The Labute approximate surface area is 195 Å². The molecule has 0 atom stereocenters. The Kier molecular flexibility index (Phi) is 8.97. The first kappa shape index (κ1) is 24.1. The highest BCUT2D eigenvalue weighted by atomic mass is 32.2. The van der Waals surface area contributed by atoms with Crippen LogP contribution in [0.5, 0.6) is 0 Å². The predicted octanol–water partition coefficient (Wildman–Crippen LogP) is 5.34. The van der Waals surface area contributed by atoms with Gasteiger partial charge in [-0.2, -0.15) is 0 Å². The molecule has 1 aromatic rings. The number of aliphatic imine (C=N–C) groups is 1. The molecule has 1 heterocycles. The number of fused-ring (bicyclic) bond motifs is 1. The number of nitrogens with one attached hydrogen (secondary N) is 2. The number of carbonyl (C=O) groups excluding carboxylic acids is 2. The summed E-state index contributed by atoms with van der Waals surface area (Å²) in [6.45, 7) is 6.90. The van der Waals surface area contributed by atoms with Crippen molar-refractivity contribution in [3.63, 3.8) is 0 Å². The minimum Gasteiger partial charge on any atom is -0.466 e. The topological polar surface area (TPSA) is 79.8 Å². The quantitative estimate of drug-likeness (QED) is 0.409. The van der Waals surface area contributed by atoms with Crippen molar-refractivity contribution >= 4 is 40.1 Å². The number of aryl methyl sites for hydroxylation is 2. The molecule has 1 aliphatic heterocycles. The molecule has 3 rings (SSSR count). The van der Waals surface area contributed by atoms with Gasteiger partial charge in [-0.15, -0.1) is 0 Å². The van der Waals surface area contributed by atoms with Gasteiger partial charge in [-0.3, -0.25) is 9.59 Å². The van der Waals surface area contributed by atoms with Gasteiger partial charge in [0.15, 0.2) is 0 Å². The lowest BCUT2D eigenvalue weighted by Crippen LogP contribution is -2.27. The van der Waals surface area contributed by atoms with Crippen LogP contribution in [-0.4, -0.2) is 35.8 Å². The summed E-state index contributed by atoms with van der Waals surface area (Å²) in [4.78, 5) is 29.2. The van der Waals surface area contributed by atoms with Crippen LogP contribution in [0.25, 0.3) is 0 Å². The van der Waals surface area contributed by atoms with E-state index < -0.39 is 0 Å². The third kappa shape index (κ3) is 7.26. The Bertz CT molecular complexity index is 950. The van der Waals surface area contributed by atoms with Crippen molar-refractivity contribution in [2.45, 2.75) is 59.3 Å². The van der Waals surface area contributed by atoms with E-state index in [1.807, 2.05) is 32.1 Å². The Morgan fingerprint density at radius 2 is 2.03 bits per heavy atom. The van der Waals surface area contributed by atoms with E-state index in [2.05, 4.69) is 16.7 Å². The van der Waals surface area contributed by atoms with Gasteiger partial charge in [0.25, 0.3) is 0 Å². The van der Waals surface area contributed by atoms with Crippen molar-refractivity contribution in [2.75, 3.05) is 24.2 Å². The van der Waals surface area contributed by atoms with Crippen molar-refractivity contribution in [2.24, 2.45) is 4.99 Å². The van der Waals surface area contributed by atoms with Crippen LogP contribution in [0.2, 0.25) is 0 Å². The number of carbonyl (C=O) groups is 2. The molecule has 2 N–H and O–H groups in total. The molecule has 0 unspecified atom stereocenters. The average molecular weight is 456 g/mol. The number of benzene rings is 1. The standard InChI is InChI=1S/C25H33N3O3S/c1-4-31-25(30)15-20-14-24(28-22-13-18(3)17(2)12-21(22)27-20)32-16-23(29)26-11-10-19-8-6-5-7-9-19/h8,12-14,27H,4-7,9-11,15-16H2,1-3H3,(H,26,29). The second-order valence-electron chi connectivity index (χ2n) is 8.18. The van der Waals surface area contributed by atoms with Gasteiger partial charge in [-0.25, -0.2) is 4.99 Å². The van der Waals surface area contributed by atoms with Gasteiger partial charge in [0, 0.05) is 12.2 Å². The Hall–Kier alpha value is -2.54. The molecule has 6 nitrogen and oxygen atoms in total. The molecule has 0 aromatic heterocycles. The summed E-state index contributed by atoms with van der Waals surface area (Å²) in [7, 11) is 0. The van der Waals surface area contributed by atoms with Crippen LogP contribution in [0.4, 0.5) is 11.4 Å². The number of hydrogen-bond donors (Lipinski definition) is 2. The number of rotatable bonds is 8.